The average molecular weight is 422 g/mol. The largest absolute Gasteiger partial charge is 0.321 e. The number of aryl methyl sites for hydroxylation is 1. The van der Waals surface area contributed by atoms with Gasteiger partial charge in [0.1, 0.15) is 0 Å². The highest BCUT2D eigenvalue weighted by molar-refractivity contribution is 6.44. The van der Waals surface area contributed by atoms with E-state index in [1.165, 1.54) is 0 Å². The molecule has 3 aromatic carbocycles. The van der Waals surface area contributed by atoms with Gasteiger partial charge in [0.15, 0.2) is 0 Å². The number of carbonyl (C=O) groups excluding carboxylic acids is 1. The maximum Gasteiger partial charge on any atom is 0.255 e. The molecule has 0 saturated heterocycles. The van der Waals surface area contributed by atoms with Crippen LogP contribution < -0.4 is 5.32 Å². The first-order chi connectivity index (χ1) is 14.0. The molecule has 0 aliphatic heterocycles. The Kier molecular flexibility index (Phi) is 5.38. The molecule has 0 saturated carbocycles. The van der Waals surface area contributed by atoms with Crippen LogP contribution in [0.4, 0.5) is 5.69 Å². The van der Waals surface area contributed by atoms with Crippen molar-refractivity contribution >= 4 is 34.8 Å². The zero-order valence-corrected chi connectivity index (χ0v) is 17.1. The molecule has 0 unspecified atom stereocenters. The van der Waals surface area contributed by atoms with Gasteiger partial charge in [0.2, 0.25) is 0 Å². The molecule has 144 valence electrons. The summed E-state index contributed by atoms with van der Waals surface area (Å²) in [4.78, 5) is 12.6. The quantitative estimate of drug-likeness (QED) is 0.413. The molecule has 0 bridgehead atoms. The molecule has 4 nitrogen and oxygen atoms in total. The number of aromatic nitrogens is 2. The number of nitrogens with one attached hydrogen (secondary N) is 1. The second kappa shape index (κ2) is 8.11. The lowest BCUT2D eigenvalue weighted by Gasteiger charge is -2.10. The minimum absolute atomic E-state index is 0.263. The first kappa shape index (κ1) is 19.2. The van der Waals surface area contributed by atoms with Crippen molar-refractivity contribution in [2.24, 2.45) is 0 Å². The third-order valence-electron chi connectivity index (χ3n) is 4.47. The summed E-state index contributed by atoms with van der Waals surface area (Å²) in [5.74, 6) is -0.263. The van der Waals surface area contributed by atoms with Crippen molar-refractivity contribution in [2.45, 2.75) is 6.92 Å². The van der Waals surface area contributed by atoms with Crippen LogP contribution in [-0.2, 0) is 0 Å². The van der Waals surface area contributed by atoms with Crippen LogP contribution in [-0.4, -0.2) is 15.7 Å². The van der Waals surface area contributed by atoms with Crippen LogP contribution in [0.15, 0.2) is 78.9 Å². The molecule has 0 fully saturated rings. The van der Waals surface area contributed by atoms with E-state index in [2.05, 4.69) is 10.4 Å². The van der Waals surface area contributed by atoms with Crippen molar-refractivity contribution in [2.75, 3.05) is 5.32 Å². The maximum atomic E-state index is 12.6. The molecule has 4 aromatic rings. The first-order valence-electron chi connectivity index (χ1n) is 9.01. The summed E-state index contributed by atoms with van der Waals surface area (Å²) in [5.41, 5.74) is 4.84. The number of nitrogens with zero attached hydrogens (tertiary/aromatic N) is 2. The van der Waals surface area contributed by atoms with E-state index in [1.807, 2.05) is 60.1 Å². The third kappa shape index (κ3) is 4.04. The van der Waals surface area contributed by atoms with Crippen LogP contribution in [0.25, 0.3) is 16.9 Å². The summed E-state index contributed by atoms with van der Waals surface area (Å²) in [6, 6.07) is 24.5. The van der Waals surface area contributed by atoms with Crippen LogP contribution in [0.5, 0.6) is 0 Å². The highest BCUT2D eigenvalue weighted by Crippen LogP contribution is 2.30. The number of carbonyl (C=O) groups is 1. The Morgan fingerprint density at radius 1 is 0.931 bits per heavy atom. The zero-order chi connectivity index (χ0) is 20.4. The molecule has 1 heterocycles. The molecule has 0 atom stereocenters. The summed E-state index contributed by atoms with van der Waals surface area (Å²) in [6.07, 6.45) is 0. The van der Waals surface area contributed by atoms with Gasteiger partial charge >= 0.3 is 0 Å². The maximum absolute atomic E-state index is 12.6. The molecule has 6 heteroatoms. The van der Waals surface area contributed by atoms with Crippen LogP contribution in [0.2, 0.25) is 10.0 Å². The predicted molar refractivity (Wildman–Crippen MR) is 118 cm³/mol. The number of hydrogen-bond acceptors (Lipinski definition) is 2. The van der Waals surface area contributed by atoms with Gasteiger partial charge < -0.3 is 5.32 Å². The molecule has 0 aliphatic carbocycles. The summed E-state index contributed by atoms with van der Waals surface area (Å²) < 4.78 is 1.88. The Bertz CT molecular complexity index is 1170. The fraction of sp³-hybridized carbons (Fsp3) is 0.0435. The van der Waals surface area contributed by atoms with Gasteiger partial charge in [-0.1, -0.05) is 59.6 Å². The van der Waals surface area contributed by atoms with E-state index < -0.39 is 0 Å². The van der Waals surface area contributed by atoms with Crippen LogP contribution in [0, 0.1) is 6.92 Å². The Balaban J connectivity index is 1.61. The summed E-state index contributed by atoms with van der Waals surface area (Å²) in [5, 5.41) is 8.10. The zero-order valence-electron chi connectivity index (χ0n) is 15.6. The van der Waals surface area contributed by atoms with Crippen molar-refractivity contribution < 1.29 is 4.79 Å². The van der Waals surface area contributed by atoms with Crippen molar-refractivity contribution in [3.8, 4) is 16.9 Å². The molecule has 29 heavy (non-hydrogen) atoms. The van der Waals surface area contributed by atoms with Crippen molar-refractivity contribution in [3.05, 3.63) is 100 Å². The monoisotopic (exact) mass is 421 g/mol. The molecular weight excluding hydrogens is 405 g/mol. The smallest absolute Gasteiger partial charge is 0.255 e. The Morgan fingerprint density at radius 3 is 2.38 bits per heavy atom. The minimum atomic E-state index is -0.263. The van der Waals surface area contributed by atoms with Gasteiger partial charge in [-0.3, -0.25) is 4.79 Å². The Hall–Kier alpha value is -3.08. The standard InChI is InChI=1S/C23H17Cl2N3O/c1-15-14-21(16-6-3-2-4-7-16)28(27-15)18-12-10-17(11-13-18)23(29)26-20-9-5-8-19(24)22(20)25/h2-14H,1H3,(H,26,29). The summed E-state index contributed by atoms with van der Waals surface area (Å²) in [6.45, 7) is 1.96. The molecule has 1 N–H and O–H groups in total. The van der Waals surface area contributed by atoms with E-state index in [0.717, 1.165) is 22.6 Å². The number of benzene rings is 3. The lowest BCUT2D eigenvalue weighted by Crippen LogP contribution is -2.12. The number of halogens is 2. The van der Waals surface area contributed by atoms with Crippen LogP contribution in [0.1, 0.15) is 16.1 Å². The number of amides is 1. The first-order valence-corrected chi connectivity index (χ1v) is 9.76. The average Bonchev–Trinajstić information content (AvgIpc) is 3.14. The molecule has 0 aliphatic rings. The fourth-order valence-corrected chi connectivity index (χ4v) is 3.41. The third-order valence-corrected chi connectivity index (χ3v) is 5.29. The van der Waals surface area contributed by atoms with Gasteiger partial charge in [0.05, 0.1) is 32.8 Å². The molecule has 0 spiro atoms. The van der Waals surface area contributed by atoms with Gasteiger partial charge in [-0.25, -0.2) is 4.68 Å². The van der Waals surface area contributed by atoms with Crippen molar-refractivity contribution in [1.82, 2.24) is 9.78 Å². The van der Waals surface area contributed by atoms with E-state index in [-0.39, 0.29) is 5.91 Å². The van der Waals surface area contributed by atoms with Gasteiger partial charge in [-0.05, 0) is 49.4 Å². The predicted octanol–water partition coefficient (Wildman–Crippen LogP) is 6.41. The van der Waals surface area contributed by atoms with E-state index in [0.29, 0.717) is 21.3 Å². The van der Waals surface area contributed by atoms with Gasteiger partial charge in [0.25, 0.3) is 5.91 Å². The van der Waals surface area contributed by atoms with E-state index in [9.17, 15) is 4.79 Å². The highest BCUT2D eigenvalue weighted by Gasteiger charge is 2.13. The van der Waals surface area contributed by atoms with Crippen molar-refractivity contribution in [1.29, 1.82) is 0 Å². The van der Waals surface area contributed by atoms with Crippen LogP contribution >= 0.6 is 23.2 Å². The Labute approximate surface area is 178 Å². The molecule has 1 aromatic heterocycles. The second-order valence-electron chi connectivity index (χ2n) is 6.55. The van der Waals surface area contributed by atoms with Gasteiger partial charge in [-0.2, -0.15) is 5.10 Å². The lowest BCUT2D eigenvalue weighted by molar-refractivity contribution is 0.102. The topological polar surface area (TPSA) is 46.9 Å². The number of hydrogen-bond donors (Lipinski definition) is 1. The molecular formula is C23H17Cl2N3O. The van der Waals surface area contributed by atoms with Crippen molar-refractivity contribution in [3.63, 3.8) is 0 Å². The fourth-order valence-electron chi connectivity index (χ4n) is 3.06. The minimum Gasteiger partial charge on any atom is -0.321 e. The molecule has 0 radical (unpaired) electrons. The summed E-state index contributed by atoms with van der Waals surface area (Å²) >= 11 is 12.2. The highest BCUT2D eigenvalue weighted by atomic mass is 35.5. The molecule has 1 amide bonds. The van der Waals surface area contributed by atoms with E-state index >= 15 is 0 Å². The van der Waals surface area contributed by atoms with E-state index in [4.69, 9.17) is 23.2 Å². The van der Waals surface area contributed by atoms with Gasteiger partial charge in [-0.15, -0.1) is 0 Å². The lowest BCUT2D eigenvalue weighted by atomic mass is 10.1. The van der Waals surface area contributed by atoms with Crippen LogP contribution in [0.3, 0.4) is 0 Å². The second-order valence-corrected chi connectivity index (χ2v) is 7.34. The number of anilines is 1. The number of rotatable bonds is 4. The normalized spacial score (nSPS) is 10.7. The van der Waals surface area contributed by atoms with E-state index in [1.54, 1.807) is 30.3 Å². The summed E-state index contributed by atoms with van der Waals surface area (Å²) in [7, 11) is 0. The Morgan fingerprint density at radius 2 is 1.66 bits per heavy atom. The van der Waals surface area contributed by atoms with Gasteiger partial charge in [0, 0.05) is 11.1 Å². The molecule has 4 rings (SSSR count). The SMILES string of the molecule is Cc1cc(-c2ccccc2)n(-c2ccc(C(=O)Nc3cccc(Cl)c3Cl)cc2)n1.